The first-order valence-corrected chi connectivity index (χ1v) is 5.48. The van der Waals surface area contributed by atoms with Gasteiger partial charge in [0.2, 0.25) is 0 Å². The topological polar surface area (TPSA) is 61.4 Å². The van der Waals surface area contributed by atoms with E-state index in [9.17, 15) is 4.79 Å². The summed E-state index contributed by atoms with van der Waals surface area (Å²) in [5, 5.41) is 14.1. The molecule has 4 nitrogen and oxygen atoms in total. The summed E-state index contributed by atoms with van der Waals surface area (Å²) >= 11 is 0. The minimum Gasteiger partial charge on any atom is -0.395 e. The van der Waals surface area contributed by atoms with Crippen LogP contribution in [0.1, 0.15) is 38.5 Å². The van der Waals surface area contributed by atoms with Crippen LogP contribution >= 0.6 is 0 Å². The molecule has 0 aromatic heterocycles. The molecule has 0 atom stereocenters. The van der Waals surface area contributed by atoms with Crippen LogP contribution in [0.15, 0.2) is 0 Å². The molecule has 14 heavy (non-hydrogen) atoms. The fourth-order valence-corrected chi connectivity index (χ4v) is 1.83. The Morgan fingerprint density at radius 1 is 1.21 bits per heavy atom. The molecule has 4 heteroatoms. The summed E-state index contributed by atoms with van der Waals surface area (Å²) in [6.07, 6.45) is 7.18. The minimum absolute atomic E-state index is 0.00190. The van der Waals surface area contributed by atoms with Gasteiger partial charge in [-0.1, -0.05) is 25.7 Å². The summed E-state index contributed by atoms with van der Waals surface area (Å²) in [5.74, 6) is 0. The second-order valence-electron chi connectivity index (χ2n) is 3.81. The van der Waals surface area contributed by atoms with Crippen molar-refractivity contribution < 1.29 is 9.90 Å². The van der Waals surface area contributed by atoms with Crippen molar-refractivity contribution in [2.24, 2.45) is 0 Å². The Balaban J connectivity index is 2.17. The molecule has 3 N–H and O–H groups in total. The van der Waals surface area contributed by atoms with Gasteiger partial charge >= 0.3 is 6.03 Å². The summed E-state index contributed by atoms with van der Waals surface area (Å²) in [7, 11) is 0. The highest BCUT2D eigenvalue weighted by molar-refractivity contribution is 5.74. The average molecular weight is 200 g/mol. The third kappa shape index (κ3) is 4.46. The lowest BCUT2D eigenvalue weighted by atomic mass is 10.1. The maximum atomic E-state index is 11.2. The average Bonchev–Trinajstić information content (AvgIpc) is 2.43. The molecule has 0 heterocycles. The van der Waals surface area contributed by atoms with Gasteiger partial charge in [-0.25, -0.2) is 4.79 Å². The molecule has 0 aromatic carbocycles. The first kappa shape index (κ1) is 11.3. The lowest BCUT2D eigenvalue weighted by molar-refractivity contribution is 0.229. The predicted molar refractivity (Wildman–Crippen MR) is 55.1 cm³/mol. The van der Waals surface area contributed by atoms with Gasteiger partial charge in [0.15, 0.2) is 0 Å². The third-order valence-corrected chi connectivity index (χ3v) is 2.59. The van der Waals surface area contributed by atoms with Crippen molar-refractivity contribution in [3.8, 4) is 0 Å². The van der Waals surface area contributed by atoms with E-state index >= 15 is 0 Å². The minimum atomic E-state index is -0.147. The summed E-state index contributed by atoms with van der Waals surface area (Å²) < 4.78 is 0. The molecule has 0 radical (unpaired) electrons. The number of aliphatic hydroxyl groups is 1. The summed E-state index contributed by atoms with van der Waals surface area (Å²) in [6, 6.07) is 0.183. The molecule has 0 bridgehead atoms. The van der Waals surface area contributed by atoms with Gasteiger partial charge in [-0.15, -0.1) is 0 Å². The number of nitrogens with one attached hydrogen (secondary N) is 2. The summed E-state index contributed by atoms with van der Waals surface area (Å²) in [6.45, 7) is 0.330. The van der Waals surface area contributed by atoms with Crippen molar-refractivity contribution in [1.29, 1.82) is 0 Å². The lowest BCUT2D eigenvalue weighted by Crippen LogP contribution is -2.42. The second-order valence-corrected chi connectivity index (χ2v) is 3.81. The largest absolute Gasteiger partial charge is 0.395 e. The Kier molecular flexibility index (Phi) is 5.37. The number of hydrogen-bond donors (Lipinski definition) is 3. The predicted octanol–water partition coefficient (Wildman–Crippen LogP) is 1.00. The van der Waals surface area contributed by atoms with Crippen LogP contribution in [0.5, 0.6) is 0 Å². The monoisotopic (exact) mass is 200 g/mol. The molecule has 2 amide bonds. The van der Waals surface area contributed by atoms with E-state index in [-0.39, 0.29) is 12.6 Å². The van der Waals surface area contributed by atoms with Crippen molar-refractivity contribution in [3.63, 3.8) is 0 Å². The van der Waals surface area contributed by atoms with Crippen LogP contribution in [-0.4, -0.2) is 30.3 Å². The maximum Gasteiger partial charge on any atom is 0.315 e. The molecule has 0 unspecified atom stereocenters. The molecule has 1 rings (SSSR count). The smallest absolute Gasteiger partial charge is 0.315 e. The van der Waals surface area contributed by atoms with Gasteiger partial charge in [0.25, 0.3) is 0 Å². The molecule has 0 aliphatic heterocycles. The highest BCUT2D eigenvalue weighted by atomic mass is 16.3. The molecular formula is C10H20N2O2. The van der Waals surface area contributed by atoms with E-state index in [4.69, 9.17) is 5.11 Å². The van der Waals surface area contributed by atoms with Gasteiger partial charge in [0, 0.05) is 12.6 Å². The Morgan fingerprint density at radius 2 is 1.86 bits per heavy atom. The summed E-state index contributed by atoms with van der Waals surface area (Å²) in [5.41, 5.74) is 0. The molecule has 1 aliphatic rings. The van der Waals surface area contributed by atoms with E-state index in [2.05, 4.69) is 10.6 Å². The molecule has 1 saturated carbocycles. The van der Waals surface area contributed by atoms with Crippen molar-refractivity contribution >= 4 is 6.03 Å². The second kappa shape index (κ2) is 6.65. The normalized spacial score (nSPS) is 18.6. The number of aliphatic hydroxyl groups excluding tert-OH is 1. The van der Waals surface area contributed by atoms with E-state index in [0.29, 0.717) is 12.6 Å². The van der Waals surface area contributed by atoms with Crippen LogP contribution < -0.4 is 10.6 Å². The Hall–Kier alpha value is -0.770. The zero-order valence-electron chi connectivity index (χ0n) is 8.59. The maximum absolute atomic E-state index is 11.2. The number of carbonyl (C=O) groups excluding carboxylic acids is 1. The zero-order valence-corrected chi connectivity index (χ0v) is 8.59. The van der Waals surface area contributed by atoms with Gasteiger partial charge in [-0.2, -0.15) is 0 Å². The molecule has 1 fully saturated rings. The molecule has 1 aliphatic carbocycles. The van der Waals surface area contributed by atoms with Gasteiger partial charge in [-0.05, 0) is 12.8 Å². The highest BCUT2D eigenvalue weighted by Crippen LogP contribution is 2.16. The van der Waals surface area contributed by atoms with Gasteiger partial charge < -0.3 is 15.7 Å². The van der Waals surface area contributed by atoms with Crippen molar-refractivity contribution in [2.45, 2.75) is 44.6 Å². The first-order chi connectivity index (χ1) is 6.83. The zero-order chi connectivity index (χ0) is 10.2. The van der Waals surface area contributed by atoms with Crippen LogP contribution in [0.4, 0.5) is 4.79 Å². The fraction of sp³-hybridized carbons (Fsp3) is 0.900. The Bertz CT molecular complexity index is 166. The SMILES string of the molecule is O=C(NCCO)NC1CCCCCC1. The molecule has 0 saturated heterocycles. The van der Waals surface area contributed by atoms with Crippen LogP contribution in [0.2, 0.25) is 0 Å². The quantitative estimate of drug-likeness (QED) is 0.595. The number of carbonyl (C=O) groups is 1. The summed E-state index contributed by atoms with van der Waals surface area (Å²) in [4.78, 5) is 11.2. The van der Waals surface area contributed by atoms with Crippen molar-refractivity contribution in [1.82, 2.24) is 10.6 Å². The van der Waals surface area contributed by atoms with E-state index < -0.39 is 0 Å². The van der Waals surface area contributed by atoms with E-state index in [1.807, 2.05) is 0 Å². The van der Waals surface area contributed by atoms with E-state index in [0.717, 1.165) is 12.8 Å². The first-order valence-electron chi connectivity index (χ1n) is 5.48. The van der Waals surface area contributed by atoms with Gasteiger partial charge in [0.1, 0.15) is 0 Å². The van der Waals surface area contributed by atoms with Gasteiger partial charge in [-0.3, -0.25) is 0 Å². The van der Waals surface area contributed by atoms with Crippen LogP contribution in [0.3, 0.4) is 0 Å². The lowest BCUT2D eigenvalue weighted by Gasteiger charge is -2.16. The van der Waals surface area contributed by atoms with E-state index in [1.54, 1.807) is 0 Å². The third-order valence-electron chi connectivity index (χ3n) is 2.59. The number of rotatable bonds is 3. The molecule has 0 aromatic rings. The fourth-order valence-electron chi connectivity index (χ4n) is 1.83. The Morgan fingerprint density at radius 3 is 2.43 bits per heavy atom. The Labute approximate surface area is 85.1 Å². The van der Waals surface area contributed by atoms with Crippen LogP contribution in [0.25, 0.3) is 0 Å². The standard InChI is InChI=1S/C10H20N2O2/c13-8-7-11-10(14)12-9-5-3-1-2-4-6-9/h9,13H,1-8H2,(H2,11,12,14). The van der Waals surface area contributed by atoms with Crippen LogP contribution in [-0.2, 0) is 0 Å². The van der Waals surface area contributed by atoms with Gasteiger partial charge in [0.05, 0.1) is 6.61 Å². The highest BCUT2D eigenvalue weighted by Gasteiger charge is 2.13. The van der Waals surface area contributed by atoms with E-state index in [1.165, 1.54) is 25.7 Å². The van der Waals surface area contributed by atoms with Crippen molar-refractivity contribution in [2.75, 3.05) is 13.2 Å². The van der Waals surface area contributed by atoms with Crippen LogP contribution in [0, 0.1) is 0 Å². The number of amides is 2. The van der Waals surface area contributed by atoms with Crippen molar-refractivity contribution in [3.05, 3.63) is 0 Å². The number of urea groups is 1. The molecule has 0 spiro atoms. The molecule has 82 valence electrons. The number of hydrogen-bond acceptors (Lipinski definition) is 2. The molecular weight excluding hydrogens is 180 g/mol.